The van der Waals surface area contributed by atoms with Gasteiger partial charge in [-0.3, -0.25) is 10.1 Å². The number of hydrogen-bond acceptors (Lipinski definition) is 3. The van der Waals surface area contributed by atoms with Gasteiger partial charge in [0.25, 0.3) is 0 Å². The van der Waals surface area contributed by atoms with Gasteiger partial charge in [-0.05, 0) is 46.5 Å². The number of nitro groups is 1. The van der Waals surface area contributed by atoms with E-state index in [2.05, 4.69) is 0 Å². The maximum absolute atomic E-state index is 13.2. The Morgan fingerprint density at radius 3 is 2.42 bits per heavy atom. The molecule has 3 aromatic carbocycles. The third kappa shape index (κ3) is 4.54. The third-order valence-electron chi connectivity index (χ3n) is 3.80. The van der Waals surface area contributed by atoms with Gasteiger partial charge in [0, 0.05) is 6.08 Å². The summed E-state index contributed by atoms with van der Waals surface area (Å²) in [7, 11) is 0. The largest absolute Gasteiger partial charge is 0.489 e. The summed E-state index contributed by atoms with van der Waals surface area (Å²) in [4.78, 5) is 10.1. The number of benzene rings is 3. The van der Waals surface area contributed by atoms with Crippen LogP contribution in [-0.2, 0) is 6.61 Å². The van der Waals surface area contributed by atoms with Crippen LogP contribution in [0.2, 0.25) is 0 Å². The van der Waals surface area contributed by atoms with E-state index in [1.54, 1.807) is 30.3 Å². The van der Waals surface area contributed by atoms with Crippen molar-refractivity contribution in [3.63, 3.8) is 0 Å². The van der Waals surface area contributed by atoms with Gasteiger partial charge in [-0.25, -0.2) is 4.39 Å². The minimum absolute atomic E-state index is 0.340. The molecule has 0 heterocycles. The molecule has 4 nitrogen and oxygen atoms in total. The van der Waals surface area contributed by atoms with Gasteiger partial charge in [0.1, 0.15) is 18.2 Å². The Balaban J connectivity index is 1.91. The number of rotatable bonds is 6. The van der Waals surface area contributed by atoms with Crippen LogP contribution < -0.4 is 4.74 Å². The minimum Gasteiger partial charge on any atom is -0.489 e. The molecule has 0 spiro atoms. The van der Waals surface area contributed by atoms with E-state index in [4.69, 9.17) is 4.74 Å². The lowest BCUT2D eigenvalue weighted by Gasteiger charge is -2.11. The average molecular weight is 349 g/mol. The van der Waals surface area contributed by atoms with E-state index >= 15 is 0 Å². The highest BCUT2D eigenvalue weighted by Crippen LogP contribution is 2.29. The summed E-state index contributed by atoms with van der Waals surface area (Å²) in [6.45, 7) is 0.410. The summed E-state index contributed by atoms with van der Waals surface area (Å²) in [5.41, 5.74) is 3.17. The summed E-state index contributed by atoms with van der Waals surface area (Å²) in [5.74, 6) is 0.291. The zero-order chi connectivity index (χ0) is 18.4. The fourth-order valence-corrected chi connectivity index (χ4v) is 2.53. The summed E-state index contributed by atoms with van der Waals surface area (Å²) >= 11 is 0. The quantitative estimate of drug-likeness (QED) is 0.447. The van der Waals surface area contributed by atoms with E-state index in [1.807, 2.05) is 30.3 Å². The van der Waals surface area contributed by atoms with Crippen LogP contribution in [0, 0.1) is 15.9 Å². The van der Waals surface area contributed by atoms with Crippen molar-refractivity contribution in [1.29, 1.82) is 0 Å². The summed E-state index contributed by atoms with van der Waals surface area (Å²) in [5, 5.41) is 10.6. The molecule has 0 bridgehead atoms. The van der Waals surface area contributed by atoms with Gasteiger partial charge < -0.3 is 4.74 Å². The first-order valence-electron chi connectivity index (χ1n) is 8.00. The molecule has 0 atom stereocenters. The molecule has 0 saturated heterocycles. The molecular formula is C21H16FNO3. The smallest absolute Gasteiger partial charge is 0.235 e. The second-order valence-corrected chi connectivity index (χ2v) is 5.63. The predicted octanol–water partition coefficient (Wildman–Crippen LogP) is 5.32. The molecule has 130 valence electrons. The fraction of sp³-hybridized carbons (Fsp3) is 0.0476. The second kappa shape index (κ2) is 8.07. The van der Waals surface area contributed by atoms with Crippen LogP contribution in [0.4, 0.5) is 4.39 Å². The SMILES string of the molecule is O=[N+]([O-])C=Cc1ccc(OCc2ccccc2)cc1-c1ccc(F)cc1. The molecule has 0 aliphatic rings. The van der Waals surface area contributed by atoms with Crippen LogP contribution in [0.3, 0.4) is 0 Å². The monoisotopic (exact) mass is 349 g/mol. The molecule has 0 aliphatic carbocycles. The Bertz CT molecular complexity index is 922. The van der Waals surface area contributed by atoms with Gasteiger partial charge in [-0.1, -0.05) is 48.5 Å². The molecule has 0 N–H and O–H groups in total. The molecule has 3 aromatic rings. The van der Waals surface area contributed by atoms with Crippen molar-refractivity contribution < 1.29 is 14.1 Å². The first-order valence-corrected chi connectivity index (χ1v) is 8.00. The number of ether oxygens (including phenoxy) is 1. The highest BCUT2D eigenvalue weighted by Gasteiger charge is 2.07. The van der Waals surface area contributed by atoms with E-state index in [0.717, 1.165) is 22.9 Å². The molecule has 0 saturated carbocycles. The summed E-state index contributed by atoms with van der Waals surface area (Å²) in [6, 6.07) is 21.0. The molecular weight excluding hydrogens is 333 g/mol. The first-order chi connectivity index (χ1) is 12.6. The van der Waals surface area contributed by atoms with Gasteiger partial charge in [-0.15, -0.1) is 0 Å². The van der Waals surface area contributed by atoms with Crippen LogP contribution >= 0.6 is 0 Å². The van der Waals surface area contributed by atoms with E-state index in [-0.39, 0.29) is 5.82 Å². The van der Waals surface area contributed by atoms with Crippen LogP contribution in [0.5, 0.6) is 5.75 Å². The molecule has 5 heteroatoms. The Morgan fingerprint density at radius 1 is 1.00 bits per heavy atom. The molecule has 3 rings (SSSR count). The Hall–Kier alpha value is -3.47. The Labute approximate surface area is 150 Å². The molecule has 0 radical (unpaired) electrons. The lowest BCUT2D eigenvalue weighted by atomic mass is 9.99. The zero-order valence-electron chi connectivity index (χ0n) is 13.8. The summed E-state index contributed by atoms with van der Waals surface area (Å²) in [6.07, 6.45) is 2.30. The van der Waals surface area contributed by atoms with Crippen molar-refractivity contribution in [2.75, 3.05) is 0 Å². The number of hydrogen-bond donors (Lipinski definition) is 0. The normalized spacial score (nSPS) is 10.8. The second-order valence-electron chi connectivity index (χ2n) is 5.63. The molecule has 0 aromatic heterocycles. The average Bonchev–Trinajstić information content (AvgIpc) is 2.66. The standard InChI is InChI=1S/C21H16FNO3/c22-19-9-6-17(7-10-19)21-14-20(11-8-18(21)12-13-23(24)25)26-15-16-4-2-1-3-5-16/h1-14H,15H2. The topological polar surface area (TPSA) is 52.4 Å². The van der Waals surface area contributed by atoms with Crippen molar-refractivity contribution in [2.45, 2.75) is 6.61 Å². The van der Waals surface area contributed by atoms with Crippen molar-refractivity contribution in [2.24, 2.45) is 0 Å². The number of halogens is 1. The van der Waals surface area contributed by atoms with Crippen molar-refractivity contribution >= 4 is 6.08 Å². The van der Waals surface area contributed by atoms with E-state index in [0.29, 0.717) is 17.9 Å². The van der Waals surface area contributed by atoms with E-state index in [1.165, 1.54) is 18.2 Å². The maximum atomic E-state index is 13.2. The van der Waals surface area contributed by atoms with Crippen LogP contribution in [0.15, 0.2) is 79.0 Å². The van der Waals surface area contributed by atoms with Crippen molar-refractivity contribution in [3.05, 3.63) is 106 Å². The third-order valence-corrected chi connectivity index (χ3v) is 3.80. The lowest BCUT2D eigenvalue weighted by Crippen LogP contribution is -1.96. The molecule has 0 unspecified atom stereocenters. The Kier molecular flexibility index (Phi) is 5.39. The van der Waals surface area contributed by atoms with Gasteiger partial charge >= 0.3 is 0 Å². The molecule has 0 fully saturated rings. The molecule has 26 heavy (non-hydrogen) atoms. The highest BCUT2D eigenvalue weighted by molar-refractivity contribution is 5.76. The lowest BCUT2D eigenvalue weighted by molar-refractivity contribution is -0.400. The van der Waals surface area contributed by atoms with Crippen LogP contribution in [0.1, 0.15) is 11.1 Å². The van der Waals surface area contributed by atoms with Gasteiger partial charge in [0.15, 0.2) is 0 Å². The van der Waals surface area contributed by atoms with Crippen molar-refractivity contribution in [3.8, 4) is 16.9 Å². The van der Waals surface area contributed by atoms with Crippen LogP contribution in [0.25, 0.3) is 17.2 Å². The number of nitrogens with zero attached hydrogens (tertiary/aromatic N) is 1. The van der Waals surface area contributed by atoms with Gasteiger partial charge in [-0.2, -0.15) is 0 Å². The maximum Gasteiger partial charge on any atom is 0.235 e. The van der Waals surface area contributed by atoms with E-state index < -0.39 is 4.92 Å². The fourth-order valence-electron chi connectivity index (χ4n) is 2.53. The van der Waals surface area contributed by atoms with E-state index in [9.17, 15) is 14.5 Å². The summed E-state index contributed by atoms with van der Waals surface area (Å²) < 4.78 is 19.0. The molecule has 0 aliphatic heterocycles. The van der Waals surface area contributed by atoms with Crippen molar-refractivity contribution in [1.82, 2.24) is 0 Å². The predicted molar refractivity (Wildman–Crippen MR) is 98.6 cm³/mol. The zero-order valence-corrected chi connectivity index (χ0v) is 13.8. The Morgan fingerprint density at radius 2 is 1.73 bits per heavy atom. The first kappa shape index (κ1) is 17.4. The van der Waals surface area contributed by atoms with Crippen LogP contribution in [-0.4, -0.2) is 4.92 Å². The highest BCUT2D eigenvalue weighted by atomic mass is 19.1. The van der Waals surface area contributed by atoms with Gasteiger partial charge in [0.2, 0.25) is 6.20 Å². The molecule has 0 amide bonds. The van der Waals surface area contributed by atoms with Gasteiger partial charge in [0.05, 0.1) is 4.92 Å². The minimum atomic E-state index is -0.520.